The third kappa shape index (κ3) is 2.53. The second kappa shape index (κ2) is 5.30. The second-order valence-electron chi connectivity index (χ2n) is 5.01. The first-order chi connectivity index (χ1) is 8.50. The van der Waals surface area contributed by atoms with E-state index in [9.17, 15) is 4.79 Å². The van der Waals surface area contributed by atoms with Gasteiger partial charge in [0, 0.05) is 29.5 Å². The van der Waals surface area contributed by atoms with E-state index in [2.05, 4.69) is 29.0 Å². The Kier molecular flexibility index (Phi) is 3.94. The van der Waals surface area contributed by atoms with Gasteiger partial charge in [-0.05, 0) is 6.92 Å². The van der Waals surface area contributed by atoms with Crippen LogP contribution in [0.25, 0.3) is 0 Å². The van der Waals surface area contributed by atoms with Crippen LogP contribution in [0, 0.1) is 0 Å². The molecule has 6 heteroatoms. The van der Waals surface area contributed by atoms with Crippen LogP contribution in [-0.2, 0) is 0 Å². The van der Waals surface area contributed by atoms with Gasteiger partial charge in [-0.15, -0.1) is 5.10 Å². The van der Waals surface area contributed by atoms with Crippen LogP contribution >= 0.6 is 11.8 Å². The lowest BCUT2D eigenvalue weighted by Gasteiger charge is -2.36. The summed E-state index contributed by atoms with van der Waals surface area (Å²) in [6, 6.07) is 0.234. The van der Waals surface area contributed by atoms with Gasteiger partial charge in [-0.3, -0.25) is 9.89 Å². The molecule has 2 atom stereocenters. The molecule has 1 N–H and O–H groups in total. The van der Waals surface area contributed by atoms with Crippen LogP contribution in [0.4, 0.5) is 0 Å². The number of amides is 1. The van der Waals surface area contributed by atoms with E-state index in [4.69, 9.17) is 0 Å². The summed E-state index contributed by atoms with van der Waals surface area (Å²) in [5.41, 5.74) is 0. The molecule has 0 spiro atoms. The largest absolute Gasteiger partial charge is 0.331 e. The molecule has 1 aliphatic rings. The molecular weight excluding hydrogens is 248 g/mol. The van der Waals surface area contributed by atoms with Crippen molar-refractivity contribution in [1.82, 2.24) is 20.1 Å². The van der Waals surface area contributed by atoms with E-state index in [0.717, 1.165) is 18.1 Å². The van der Waals surface area contributed by atoms with Crippen molar-refractivity contribution in [3.05, 3.63) is 11.6 Å². The summed E-state index contributed by atoms with van der Waals surface area (Å²) >= 11 is 1.91. The zero-order chi connectivity index (χ0) is 13.3. The lowest BCUT2D eigenvalue weighted by Crippen LogP contribution is -2.48. The molecule has 0 bridgehead atoms. The van der Waals surface area contributed by atoms with Crippen LogP contribution in [0.1, 0.15) is 50.1 Å². The molecule has 2 unspecified atom stereocenters. The molecule has 2 heterocycles. The minimum atomic E-state index is -0.0576. The van der Waals surface area contributed by atoms with Gasteiger partial charge in [0.2, 0.25) is 5.82 Å². The van der Waals surface area contributed by atoms with Gasteiger partial charge >= 0.3 is 0 Å². The average molecular weight is 268 g/mol. The molecule has 0 aliphatic carbocycles. The number of H-pyrrole nitrogens is 1. The normalized spacial score (nSPS) is 24.6. The van der Waals surface area contributed by atoms with Gasteiger partial charge in [0.05, 0.1) is 0 Å². The number of thioether (sulfide) groups is 1. The van der Waals surface area contributed by atoms with E-state index in [1.54, 1.807) is 0 Å². The van der Waals surface area contributed by atoms with Crippen molar-refractivity contribution in [3.63, 3.8) is 0 Å². The zero-order valence-corrected chi connectivity index (χ0v) is 12.1. The highest BCUT2D eigenvalue weighted by atomic mass is 32.2. The maximum absolute atomic E-state index is 12.4. The van der Waals surface area contributed by atoms with Crippen LogP contribution in [0.5, 0.6) is 0 Å². The van der Waals surface area contributed by atoms with E-state index < -0.39 is 0 Å². The SMILES string of the molecule is CC(C)c1nc(C(=O)N2CCSC(C)C2C)n[nH]1. The highest BCUT2D eigenvalue weighted by molar-refractivity contribution is 8.00. The number of rotatable bonds is 2. The third-order valence-corrected chi connectivity index (χ3v) is 4.72. The summed E-state index contributed by atoms with van der Waals surface area (Å²) in [5.74, 6) is 2.25. The molecule has 2 rings (SSSR count). The molecule has 5 nitrogen and oxygen atoms in total. The first-order valence-corrected chi connectivity index (χ1v) is 7.40. The topological polar surface area (TPSA) is 61.9 Å². The van der Waals surface area contributed by atoms with Crippen molar-refractivity contribution in [2.24, 2.45) is 0 Å². The number of aromatic nitrogens is 3. The van der Waals surface area contributed by atoms with Crippen LogP contribution in [0.2, 0.25) is 0 Å². The van der Waals surface area contributed by atoms with Crippen molar-refractivity contribution >= 4 is 17.7 Å². The van der Waals surface area contributed by atoms with Gasteiger partial charge in [0.15, 0.2) is 0 Å². The predicted octanol–water partition coefficient (Wildman–Crippen LogP) is 1.89. The molecule has 0 saturated carbocycles. The van der Waals surface area contributed by atoms with E-state index in [1.807, 2.05) is 30.5 Å². The first-order valence-electron chi connectivity index (χ1n) is 6.35. The van der Waals surface area contributed by atoms with Crippen LogP contribution in [-0.4, -0.2) is 49.6 Å². The fourth-order valence-corrected chi connectivity index (χ4v) is 3.08. The predicted molar refractivity (Wildman–Crippen MR) is 72.9 cm³/mol. The lowest BCUT2D eigenvalue weighted by atomic mass is 10.2. The van der Waals surface area contributed by atoms with E-state index in [0.29, 0.717) is 11.1 Å². The van der Waals surface area contributed by atoms with Gasteiger partial charge in [-0.2, -0.15) is 11.8 Å². The number of nitrogens with one attached hydrogen (secondary N) is 1. The van der Waals surface area contributed by atoms with Gasteiger partial charge in [0.25, 0.3) is 5.91 Å². The number of nitrogens with zero attached hydrogens (tertiary/aromatic N) is 3. The average Bonchev–Trinajstić information content (AvgIpc) is 2.81. The van der Waals surface area contributed by atoms with Gasteiger partial charge in [-0.1, -0.05) is 20.8 Å². The van der Waals surface area contributed by atoms with Gasteiger partial charge in [0.1, 0.15) is 5.82 Å². The first kappa shape index (κ1) is 13.4. The maximum Gasteiger partial charge on any atom is 0.293 e. The Balaban J connectivity index is 2.14. The van der Waals surface area contributed by atoms with Gasteiger partial charge < -0.3 is 4.90 Å². The van der Waals surface area contributed by atoms with Crippen molar-refractivity contribution in [2.75, 3.05) is 12.3 Å². The number of hydrogen-bond acceptors (Lipinski definition) is 4. The Morgan fingerprint density at radius 1 is 1.50 bits per heavy atom. The van der Waals surface area contributed by atoms with E-state index >= 15 is 0 Å². The van der Waals surface area contributed by atoms with Crippen LogP contribution < -0.4 is 0 Å². The molecule has 18 heavy (non-hydrogen) atoms. The quantitative estimate of drug-likeness (QED) is 0.890. The molecule has 1 aromatic heterocycles. The number of aromatic amines is 1. The molecule has 1 saturated heterocycles. The summed E-state index contributed by atoms with van der Waals surface area (Å²) in [4.78, 5) is 18.5. The van der Waals surface area contributed by atoms with Crippen LogP contribution in [0.15, 0.2) is 0 Å². The fraction of sp³-hybridized carbons (Fsp3) is 0.750. The molecule has 1 amide bonds. The lowest BCUT2D eigenvalue weighted by molar-refractivity contribution is 0.0686. The standard InChI is InChI=1S/C12H20N4OS/c1-7(2)10-13-11(15-14-10)12(17)16-5-6-18-9(4)8(16)3/h7-9H,5-6H2,1-4H3,(H,13,14,15). The highest BCUT2D eigenvalue weighted by Gasteiger charge is 2.31. The molecule has 0 radical (unpaired) electrons. The Hall–Kier alpha value is -1.04. The Morgan fingerprint density at radius 3 is 2.83 bits per heavy atom. The second-order valence-corrected chi connectivity index (χ2v) is 6.50. The smallest absolute Gasteiger partial charge is 0.293 e. The minimum Gasteiger partial charge on any atom is -0.331 e. The number of hydrogen-bond donors (Lipinski definition) is 1. The monoisotopic (exact) mass is 268 g/mol. The van der Waals surface area contributed by atoms with Crippen molar-refractivity contribution in [1.29, 1.82) is 0 Å². The third-order valence-electron chi connectivity index (χ3n) is 3.39. The molecular formula is C12H20N4OS. The van der Waals surface area contributed by atoms with Crippen molar-refractivity contribution < 1.29 is 4.79 Å². The highest BCUT2D eigenvalue weighted by Crippen LogP contribution is 2.25. The van der Waals surface area contributed by atoms with Gasteiger partial charge in [-0.25, -0.2) is 4.98 Å². The molecule has 0 aromatic carbocycles. The summed E-state index contributed by atoms with van der Waals surface area (Å²) < 4.78 is 0. The fourth-order valence-electron chi connectivity index (χ4n) is 1.98. The van der Waals surface area contributed by atoms with Crippen LogP contribution in [0.3, 0.4) is 0 Å². The summed E-state index contributed by atoms with van der Waals surface area (Å²) in [6.45, 7) is 9.07. The molecule has 1 fully saturated rings. The summed E-state index contributed by atoms with van der Waals surface area (Å²) in [5, 5.41) is 7.34. The van der Waals surface area contributed by atoms with E-state index in [-0.39, 0.29) is 17.9 Å². The Morgan fingerprint density at radius 2 is 2.22 bits per heavy atom. The maximum atomic E-state index is 12.4. The molecule has 1 aromatic rings. The molecule has 1 aliphatic heterocycles. The van der Waals surface area contributed by atoms with Crippen molar-refractivity contribution in [2.45, 2.75) is 44.9 Å². The summed E-state index contributed by atoms with van der Waals surface area (Å²) in [6.07, 6.45) is 0. The zero-order valence-electron chi connectivity index (χ0n) is 11.3. The Bertz CT molecular complexity index is 431. The van der Waals surface area contributed by atoms with E-state index in [1.165, 1.54) is 0 Å². The van der Waals surface area contributed by atoms with Crippen molar-refractivity contribution in [3.8, 4) is 0 Å². The minimum absolute atomic E-state index is 0.0576. The number of carbonyl (C=O) groups is 1. The number of carbonyl (C=O) groups excluding carboxylic acids is 1. The summed E-state index contributed by atoms with van der Waals surface area (Å²) in [7, 11) is 0. The Labute approximate surface area is 112 Å². The molecule has 100 valence electrons.